The van der Waals surface area contributed by atoms with Crippen LogP contribution in [0.1, 0.15) is 12.0 Å². The van der Waals surface area contributed by atoms with Crippen molar-refractivity contribution in [1.82, 2.24) is 4.90 Å². The molecule has 110 valence electrons. The Morgan fingerprint density at radius 3 is 2.80 bits per heavy atom. The van der Waals surface area contributed by atoms with E-state index in [1.54, 1.807) is 19.1 Å². The molecule has 6 heteroatoms. The van der Waals surface area contributed by atoms with E-state index in [2.05, 4.69) is 0 Å². The largest absolute Gasteiger partial charge is 0.497 e. The fraction of sp³-hybridized carbons (Fsp3) is 0.500. The first-order chi connectivity index (χ1) is 9.41. The van der Waals surface area contributed by atoms with Crippen molar-refractivity contribution in [3.8, 4) is 5.75 Å². The molecule has 0 spiro atoms. The van der Waals surface area contributed by atoms with E-state index in [1.807, 2.05) is 24.3 Å². The quantitative estimate of drug-likeness (QED) is 0.828. The molecule has 0 aromatic heterocycles. The number of carbonyl (C=O) groups is 1. The van der Waals surface area contributed by atoms with Gasteiger partial charge in [-0.25, -0.2) is 8.42 Å². The molecule has 2 rings (SSSR count). The number of benzene rings is 1. The van der Waals surface area contributed by atoms with Gasteiger partial charge in [0.25, 0.3) is 0 Å². The van der Waals surface area contributed by atoms with Crippen LogP contribution in [0, 0.1) is 0 Å². The van der Waals surface area contributed by atoms with Gasteiger partial charge in [-0.1, -0.05) is 12.1 Å². The van der Waals surface area contributed by atoms with Crippen molar-refractivity contribution in [3.63, 3.8) is 0 Å². The summed E-state index contributed by atoms with van der Waals surface area (Å²) in [7, 11) is 0.283. The summed E-state index contributed by atoms with van der Waals surface area (Å²) in [6, 6.07) is 7.14. The number of ether oxygens (including phenoxy) is 1. The van der Waals surface area contributed by atoms with Crippen molar-refractivity contribution in [1.29, 1.82) is 0 Å². The number of hydrogen-bond donors (Lipinski definition) is 0. The van der Waals surface area contributed by atoms with Crippen molar-refractivity contribution in [3.05, 3.63) is 29.8 Å². The Balaban J connectivity index is 2.01. The minimum Gasteiger partial charge on any atom is -0.497 e. The number of nitrogens with zero attached hydrogens (tertiary/aromatic N) is 1. The fourth-order valence-electron chi connectivity index (χ4n) is 2.37. The molecule has 0 unspecified atom stereocenters. The summed E-state index contributed by atoms with van der Waals surface area (Å²) in [6.45, 7) is 0. The Kier molecular flexibility index (Phi) is 4.32. The zero-order valence-electron chi connectivity index (χ0n) is 11.7. The summed E-state index contributed by atoms with van der Waals surface area (Å²) >= 11 is 0. The highest BCUT2D eigenvalue weighted by Crippen LogP contribution is 2.18. The highest BCUT2D eigenvalue weighted by atomic mass is 32.2. The van der Waals surface area contributed by atoms with Crippen LogP contribution < -0.4 is 4.74 Å². The highest BCUT2D eigenvalue weighted by molar-refractivity contribution is 7.91. The molecule has 1 heterocycles. The van der Waals surface area contributed by atoms with Crippen LogP contribution in [0.2, 0.25) is 0 Å². The normalized spacial score (nSPS) is 20.6. The fourth-order valence-corrected chi connectivity index (χ4v) is 4.14. The first-order valence-electron chi connectivity index (χ1n) is 6.50. The summed E-state index contributed by atoms with van der Waals surface area (Å²) < 4.78 is 28.0. The molecule has 0 bridgehead atoms. The number of methoxy groups -OCH3 is 1. The van der Waals surface area contributed by atoms with Crippen LogP contribution in [-0.2, 0) is 21.1 Å². The third-order valence-electron chi connectivity index (χ3n) is 3.64. The van der Waals surface area contributed by atoms with E-state index in [9.17, 15) is 13.2 Å². The molecule has 0 saturated carbocycles. The average molecular weight is 297 g/mol. The predicted octanol–water partition coefficient (Wildman–Crippen LogP) is 0.883. The predicted molar refractivity (Wildman–Crippen MR) is 76.5 cm³/mol. The van der Waals surface area contributed by atoms with Crippen LogP contribution >= 0.6 is 0 Å². The zero-order chi connectivity index (χ0) is 14.8. The Hall–Kier alpha value is -1.56. The zero-order valence-corrected chi connectivity index (χ0v) is 12.5. The molecular weight excluding hydrogens is 278 g/mol. The second-order valence-electron chi connectivity index (χ2n) is 5.09. The number of likely N-dealkylation sites (N-methyl/N-ethyl adjacent to an activating group) is 1. The maximum atomic E-state index is 12.2. The van der Waals surface area contributed by atoms with Crippen LogP contribution in [-0.4, -0.2) is 50.9 Å². The van der Waals surface area contributed by atoms with Gasteiger partial charge in [0, 0.05) is 13.1 Å². The third kappa shape index (κ3) is 3.50. The molecule has 0 N–H and O–H groups in total. The van der Waals surface area contributed by atoms with Gasteiger partial charge in [0.2, 0.25) is 5.91 Å². The minimum atomic E-state index is -2.97. The van der Waals surface area contributed by atoms with Crippen LogP contribution in [0.3, 0.4) is 0 Å². The lowest BCUT2D eigenvalue weighted by Gasteiger charge is -2.23. The molecule has 1 fully saturated rings. The monoisotopic (exact) mass is 297 g/mol. The van der Waals surface area contributed by atoms with Gasteiger partial charge >= 0.3 is 0 Å². The van der Waals surface area contributed by atoms with E-state index in [4.69, 9.17) is 4.74 Å². The summed E-state index contributed by atoms with van der Waals surface area (Å²) in [5, 5.41) is 0. The number of carbonyl (C=O) groups excluding carboxylic acids is 1. The van der Waals surface area contributed by atoms with E-state index in [0.717, 1.165) is 5.56 Å². The average Bonchev–Trinajstić information content (AvgIpc) is 2.78. The third-order valence-corrected chi connectivity index (χ3v) is 5.39. The molecule has 1 saturated heterocycles. The van der Waals surface area contributed by atoms with Gasteiger partial charge in [-0.3, -0.25) is 4.79 Å². The number of sulfone groups is 1. The van der Waals surface area contributed by atoms with Crippen molar-refractivity contribution in [2.24, 2.45) is 0 Å². The van der Waals surface area contributed by atoms with Gasteiger partial charge in [-0.2, -0.15) is 0 Å². The topological polar surface area (TPSA) is 63.7 Å². The van der Waals surface area contributed by atoms with Gasteiger partial charge in [0.15, 0.2) is 9.84 Å². The first-order valence-corrected chi connectivity index (χ1v) is 8.32. The smallest absolute Gasteiger partial charge is 0.227 e. The lowest BCUT2D eigenvalue weighted by molar-refractivity contribution is -0.130. The van der Waals surface area contributed by atoms with Crippen LogP contribution in [0.25, 0.3) is 0 Å². The molecule has 1 aliphatic rings. The molecule has 1 amide bonds. The second kappa shape index (κ2) is 5.83. The lowest BCUT2D eigenvalue weighted by Crippen LogP contribution is -2.38. The Morgan fingerprint density at radius 2 is 2.20 bits per heavy atom. The summed E-state index contributed by atoms with van der Waals surface area (Å²) in [4.78, 5) is 13.8. The molecule has 20 heavy (non-hydrogen) atoms. The number of rotatable bonds is 4. The Morgan fingerprint density at radius 1 is 1.45 bits per heavy atom. The van der Waals surface area contributed by atoms with Crippen LogP contribution in [0.4, 0.5) is 0 Å². The molecule has 1 aliphatic heterocycles. The van der Waals surface area contributed by atoms with E-state index in [1.165, 1.54) is 0 Å². The van der Waals surface area contributed by atoms with Gasteiger partial charge in [-0.15, -0.1) is 0 Å². The molecule has 1 aromatic carbocycles. The molecular formula is C14H19NO4S. The maximum Gasteiger partial charge on any atom is 0.227 e. The van der Waals surface area contributed by atoms with Crippen LogP contribution in [0.15, 0.2) is 24.3 Å². The van der Waals surface area contributed by atoms with Gasteiger partial charge in [0.05, 0.1) is 25.0 Å². The summed E-state index contributed by atoms with van der Waals surface area (Å²) in [5.74, 6) is 0.892. The van der Waals surface area contributed by atoms with Crippen LogP contribution in [0.5, 0.6) is 5.75 Å². The second-order valence-corrected chi connectivity index (χ2v) is 7.32. The van der Waals surface area contributed by atoms with Crippen molar-refractivity contribution >= 4 is 15.7 Å². The van der Waals surface area contributed by atoms with Crippen molar-refractivity contribution < 1.29 is 17.9 Å². The summed E-state index contributed by atoms with van der Waals surface area (Å²) in [5.41, 5.74) is 0.863. The molecule has 0 aliphatic carbocycles. The summed E-state index contributed by atoms with van der Waals surface area (Å²) in [6.07, 6.45) is 0.785. The molecule has 1 atom stereocenters. The Labute approximate surface area is 119 Å². The maximum absolute atomic E-state index is 12.2. The van der Waals surface area contributed by atoms with E-state index in [-0.39, 0.29) is 29.9 Å². The first kappa shape index (κ1) is 14.8. The standard InChI is InChI=1S/C14H19NO4S/c1-15(12-6-7-20(17,18)10-12)14(16)9-11-4-3-5-13(8-11)19-2/h3-5,8,12H,6-7,9-10H2,1-2H3/t12-/m1/s1. The molecule has 0 radical (unpaired) electrons. The molecule has 5 nitrogen and oxygen atoms in total. The minimum absolute atomic E-state index is 0.0691. The van der Waals surface area contributed by atoms with E-state index >= 15 is 0 Å². The van der Waals surface area contributed by atoms with Gasteiger partial charge in [0.1, 0.15) is 5.75 Å². The van der Waals surface area contributed by atoms with Crippen molar-refractivity contribution in [2.45, 2.75) is 18.9 Å². The van der Waals surface area contributed by atoms with Gasteiger partial charge < -0.3 is 9.64 Å². The Bertz CT molecular complexity index is 597. The SMILES string of the molecule is COc1cccc(CC(=O)N(C)[C@@H]2CCS(=O)(=O)C2)c1. The van der Waals surface area contributed by atoms with E-state index in [0.29, 0.717) is 12.2 Å². The lowest BCUT2D eigenvalue weighted by atomic mass is 10.1. The number of amides is 1. The van der Waals surface area contributed by atoms with Crippen molar-refractivity contribution in [2.75, 3.05) is 25.7 Å². The molecule has 1 aromatic rings. The highest BCUT2D eigenvalue weighted by Gasteiger charge is 2.32. The van der Waals surface area contributed by atoms with E-state index < -0.39 is 9.84 Å². The number of hydrogen-bond acceptors (Lipinski definition) is 4. The van der Waals surface area contributed by atoms with Gasteiger partial charge in [-0.05, 0) is 24.1 Å².